The monoisotopic (exact) mass is 278 g/mol. The molecule has 1 amide bonds. The molecule has 0 aliphatic heterocycles. The molecule has 0 atom stereocenters. The van der Waals surface area contributed by atoms with Gasteiger partial charge in [0.15, 0.2) is 11.7 Å². The van der Waals surface area contributed by atoms with E-state index in [9.17, 15) is 4.79 Å². The van der Waals surface area contributed by atoms with Crippen LogP contribution < -0.4 is 5.32 Å². The Morgan fingerprint density at radius 3 is 2.79 bits per heavy atom. The normalized spacial score (nSPS) is 10.4. The van der Waals surface area contributed by atoms with Gasteiger partial charge in [-0.25, -0.2) is 4.98 Å². The highest BCUT2D eigenvalue weighted by atomic mass is 35.5. The van der Waals surface area contributed by atoms with E-state index in [1.165, 1.54) is 0 Å². The van der Waals surface area contributed by atoms with Crippen LogP contribution in [0.4, 0.5) is 0 Å². The number of rotatable bonds is 5. The number of nitrogens with one attached hydrogen (secondary N) is 1. The van der Waals surface area contributed by atoms with Crippen LogP contribution in [-0.4, -0.2) is 17.4 Å². The molecule has 2 rings (SSSR count). The molecule has 0 radical (unpaired) electrons. The number of carbonyl (C=O) groups excluding carboxylic acids is 1. The lowest BCUT2D eigenvalue weighted by Crippen LogP contribution is -2.22. The van der Waals surface area contributed by atoms with E-state index < -0.39 is 0 Å². The van der Waals surface area contributed by atoms with Gasteiger partial charge in [0.1, 0.15) is 0 Å². The summed E-state index contributed by atoms with van der Waals surface area (Å²) in [7, 11) is 0. The maximum absolute atomic E-state index is 11.3. The Morgan fingerprint density at radius 2 is 2.11 bits per heavy atom. The summed E-state index contributed by atoms with van der Waals surface area (Å²) in [6.45, 7) is 2.53. The SMILES string of the molecule is CCNC(=O)CCc1ncc(-c2ccc(Cl)cc2)o1. The van der Waals surface area contributed by atoms with Gasteiger partial charge >= 0.3 is 0 Å². The molecule has 1 aromatic carbocycles. The summed E-state index contributed by atoms with van der Waals surface area (Å²) in [6.07, 6.45) is 2.55. The van der Waals surface area contributed by atoms with Crippen LogP contribution in [0.1, 0.15) is 19.2 Å². The molecule has 2 aromatic rings. The number of carbonyl (C=O) groups is 1. The fourth-order valence-electron chi connectivity index (χ4n) is 1.68. The van der Waals surface area contributed by atoms with Gasteiger partial charge in [-0.3, -0.25) is 4.79 Å². The average Bonchev–Trinajstić information content (AvgIpc) is 2.86. The second-order valence-electron chi connectivity index (χ2n) is 4.08. The van der Waals surface area contributed by atoms with Crippen molar-refractivity contribution in [1.82, 2.24) is 10.3 Å². The van der Waals surface area contributed by atoms with E-state index in [0.717, 1.165) is 5.56 Å². The predicted octanol–water partition coefficient (Wildman–Crippen LogP) is 3.06. The van der Waals surface area contributed by atoms with Crippen LogP contribution in [0.5, 0.6) is 0 Å². The van der Waals surface area contributed by atoms with Gasteiger partial charge in [-0.15, -0.1) is 0 Å². The number of aromatic nitrogens is 1. The standard InChI is InChI=1S/C14H15ClN2O2/c1-2-16-13(18)7-8-14-17-9-12(19-14)10-3-5-11(15)6-4-10/h3-6,9H,2,7-8H2,1H3,(H,16,18). The van der Waals surface area contributed by atoms with Crippen LogP contribution in [0.25, 0.3) is 11.3 Å². The zero-order valence-electron chi connectivity index (χ0n) is 10.6. The lowest BCUT2D eigenvalue weighted by molar-refractivity contribution is -0.121. The molecule has 100 valence electrons. The molecule has 0 bridgehead atoms. The highest BCUT2D eigenvalue weighted by Crippen LogP contribution is 2.22. The van der Waals surface area contributed by atoms with Crippen molar-refractivity contribution in [3.63, 3.8) is 0 Å². The lowest BCUT2D eigenvalue weighted by Gasteiger charge is -1.99. The quantitative estimate of drug-likeness (QED) is 0.914. The van der Waals surface area contributed by atoms with Crippen LogP contribution in [0.2, 0.25) is 5.02 Å². The van der Waals surface area contributed by atoms with Crippen molar-refractivity contribution in [3.05, 3.63) is 41.4 Å². The molecule has 1 heterocycles. The first-order valence-corrected chi connectivity index (χ1v) is 6.54. The third-order valence-corrected chi connectivity index (χ3v) is 2.87. The topological polar surface area (TPSA) is 55.1 Å². The van der Waals surface area contributed by atoms with Crippen LogP contribution in [0, 0.1) is 0 Å². The zero-order valence-corrected chi connectivity index (χ0v) is 11.4. The number of hydrogen-bond donors (Lipinski definition) is 1. The summed E-state index contributed by atoms with van der Waals surface area (Å²) in [6, 6.07) is 7.34. The molecule has 1 aromatic heterocycles. The second kappa shape index (κ2) is 6.38. The molecular weight excluding hydrogens is 264 g/mol. The summed E-state index contributed by atoms with van der Waals surface area (Å²) >= 11 is 5.83. The van der Waals surface area contributed by atoms with Gasteiger partial charge in [-0.1, -0.05) is 11.6 Å². The second-order valence-corrected chi connectivity index (χ2v) is 4.52. The number of oxazole rings is 1. The first-order valence-electron chi connectivity index (χ1n) is 6.16. The minimum Gasteiger partial charge on any atom is -0.441 e. The Kier molecular flexibility index (Phi) is 4.58. The van der Waals surface area contributed by atoms with E-state index in [1.54, 1.807) is 18.3 Å². The number of benzene rings is 1. The van der Waals surface area contributed by atoms with E-state index in [2.05, 4.69) is 10.3 Å². The van der Waals surface area contributed by atoms with Crippen LogP contribution in [-0.2, 0) is 11.2 Å². The summed E-state index contributed by atoms with van der Waals surface area (Å²) in [4.78, 5) is 15.5. The fraction of sp³-hybridized carbons (Fsp3) is 0.286. The van der Waals surface area contributed by atoms with E-state index in [4.69, 9.17) is 16.0 Å². The fourth-order valence-corrected chi connectivity index (χ4v) is 1.81. The molecule has 0 fully saturated rings. The van der Waals surface area contributed by atoms with Crippen LogP contribution >= 0.6 is 11.6 Å². The summed E-state index contributed by atoms with van der Waals surface area (Å²) < 4.78 is 5.60. The van der Waals surface area contributed by atoms with Gasteiger partial charge in [0.25, 0.3) is 0 Å². The highest BCUT2D eigenvalue weighted by molar-refractivity contribution is 6.30. The van der Waals surface area contributed by atoms with Crippen molar-refractivity contribution in [2.75, 3.05) is 6.54 Å². The first kappa shape index (κ1) is 13.6. The van der Waals surface area contributed by atoms with Crippen molar-refractivity contribution in [1.29, 1.82) is 0 Å². The molecule has 0 aliphatic rings. The first-order chi connectivity index (χ1) is 9.19. The minimum absolute atomic E-state index is 0.00810. The molecule has 0 saturated heterocycles. The Morgan fingerprint density at radius 1 is 1.37 bits per heavy atom. The molecule has 5 heteroatoms. The minimum atomic E-state index is 0.00810. The van der Waals surface area contributed by atoms with Gasteiger partial charge in [0.2, 0.25) is 5.91 Å². The molecule has 0 saturated carbocycles. The van der Waals surface area contributed by atoms with E-state index >= 15 is 0 Å². The number of nitrogens with zero attached hydrogens (tertiary/aromatic N) is 1. The number of hydrogen-bond acceptors (Lipinski definition) is 3. The largest absolute Gasteiger partial charge is 0.441 e. The molecule has 0 unspecified atom stereocenters. The average molecular weight is 279 g/mol. The Hall–Kier alpha value is -1.81. The van der Waals surface area contributed by atoms with Gasteiger partial charge in [0.05, 0.1) is 6.20 Å². The lowest BCUT2D eigenvalue weighted by atomic mass is 10.2. The van der Waals surface area contributed by atoms with Crippen molar-refractivity contribution in [3.8, 4) is 11.3 Å². The summed E-state index contributed by atoms with van der Waals surface area (Å²) in [5.41, 5.74) is 0.918. The smallest absolute Gasteiger partial charge is 0.220 e. The number of amides is 1. The van der Waals surface area contributed by atoms with Crippen molar-refractivity contribution in [2.24, 2.45) is 0 Å². The maximum atomic E-state index is 11.3. The van der Waals surface area contributed by atoms with Crippen LogP contribution in [0.15, 0.2) is 34.9 Å². The molecule has 19 heavy (non-hydrogen) atoms. The zero-order chi connectivity index (χ0) is 13.7. The maximum Gasteiger partial charge on any atom is 0.220 e. The van der Waals surface area contributed by atoms with E-state index in [0.29, 0.717) is 36.1 Å². The van der Waals surface area contributed by atoms with Gasteiger partial charge in [-0.05, 0) is 31.2 Å². The van der Waals surface area contributed by atoms with E-state index in [-0.39, 0.29) is 5.91 Å². The van der Waals surface area contributed by atoms with Crippen molar-refractivity contribution in [2.45, 2.75) is 19.8 Å². The van der Waals surface area contributed by atoms with Gasteiger partial charge in [-0.2, -0.15) is 0 Å². The van der Waals surface area contributed by atoms with Crippen molar-refractivity contribution < 1.29 is 9.21 Å². The number of halogens is 1. The Balaban J connectivity index is 1.99. The number of aryl methyl sites for hydroxylation is 1. The van der Waals surface area contributed by atoms with Gasteiger partial charge in [0, 0.05) is 30.0 Å². The molecule has 4 nitrogen and oxygen atoms in total. The van der Waals surface area contributed by atoms with Crippen LogP contribution in [0.3, 0.4) is 0 Å². The third kappa shape index (κ3) is 3.83. The highest BCUT2D eigenvalue weighted by Gasteiger charge is 2.08. The molecular formula is C14H15ClN2O2. The summed E-state index contributed by atoms with van der Waals surface area (Å²) in [5, 5.41) is 3.42. The third-order valence-electron chi connectivity index (χ3n) is 2.62. The van der Waals surface area contributed by atoms with Crippen molar-refractivity contribution >= 4 is 17.5 Å². The predicted molar refractivity (Wildman–Crippen MR) is 74.0 cm³/mol. The Labute approximate surface area is 116 Å². The molecule has 0 aliphatic carbocycles. The molecule has 0 spiro atoms. The molecule has 1 N–H and O–H groups in total. The summed E-state index contributed by atoms with van der Waals surface area (Å²) in [5.74, 6) is 1.26. The van der Waals surface area contributed by atoms with Gasteiger partial charge < -0.3 is 9.73 Å². The van der Waals surface area contributed by atoms with E-state index in [1.807, 2.05) is 19.1 Å². The Bertz CT molecular complexity index is 549.